The summed E-state index contributed by atoms with van der Waals surface area (Å²) in [5.74, 6) is -0.822. The normalized spacial score (nSPS) is 14.4. The van der Waals surface area contributed by atoms with Gasteiger partial charge in [0.1, 0.15) is 0 Å². The van der Waals surface area contributed by atoms with Gasteiger partial charge < -0.3 is 10.0 Å². The van der Waals surface area contributed by atoms with Gasteiger partial charge in [-0.15, -0.1) is 0 Å². The minimum Gasteiger partial charge on any atom is -0.480 e. The molecule has 118 valence electrons. The zero-order chi connectivity index (χ0) is 15.9. The van der Waals surface area contributed by atoms with Crippen LogP contribution in [0.2, 0.25) is 0 Å². The summed E-state index contributed by atoms with van der Waals surface area (Å²) in [6, 6.07) is 9.57. The molecule has 1 rings (SSSR count). The Kier molecular flexibility index (Phi) is 6.85. The van der Waals surface area contributed by atoms with E-state index in [1.807, 2.05) is 44.2 Å². The Balaban J connectivity index is 3.21. The summed E-state index contributed by atoms with van der Waals surface area (Å²) in [5.41, 5.74) is -0.263. The maximum absolute atomic E-state index is 12.1. The lowest BCUT2D eigenvalue weighted by Crippen LogP contribution is -2.58. The highest BCUT2D eigenvalue weighted by atomic mass is 16.4. The molecule has 0 bridgehead atoms. The molecule has 0 radical (unpaired) electrons. The number of hydrogen-bond donors (Lipinski definition) is 2. The fourth-order valence-electron chi connectivity index (χ4n) is 2.69. The van der Waals surface area contributed by atoms with Gasteiger partial charge in [0.15, 0.2) is 5.54 Å². The summed E-state index contributed by atoms with van der Waals surface area (Å²) in [7, 11) is 0. The molecule has 21 heavy (non-hydrogen) atoms. The molecule has 1 aromatic rings. The molecular formula is C17H28N2O2. The van der Waals surface area contributed by atoms with Crippen molar-refractivity contribution in [3.05, 3.63) is 35.9 Å². The maximum atomic E-state index is 12.1. The molecule has 2 N–H and O–H groups in total. The van der Waals surface area contributed by atoms with Gasteiger partial charge in [0.25, 0.3) is 0 Å². The van der Waals surface area contributed by atoms with Crippen LogP contribution in [0.15, 0.2) is 30.3 Å². The van der Waals surface area contributed by atoms with Gasteiger partial charge >= 0.3 is 5.97 Å². The Morgan fingerprint density at radius 1 is 1.29 bits per heavy atom. The first-order chi connectivity index (χ1) is 9.96. The summed E-state index contributed by atoms with van der Waals surface area (Å²) < 4.78 is 0. The SMILES string of the molecule is CCCN(CC)CC(NC(C)C)(C(=O)O)c1ccccc1. The molecule has 0 aromatic heterocycles. The number of benzene rings is 1. The second-order valence-electron chi connectivity index (χ2n) is 5.74. The van der Waals surface area contributed by atoms with Crippen molar-refractivity contribution < 1.29 is 9.90 Å². The van der Waals surface area contributed by atoms with Gasteiger partial charge in [0.2, 0.25) is 0 Å². The number of aliphatic carboxylic acids is 1. The van der Waals surface area contributed by atoms with Gasteiger partial charge in [-0.3, -0.25) is 5.32 Å². The zero-order valence-electron chi connectivity index (χ0n) is 13.6. The van der Waals surface area contributed by atoms with Crippen LogP contribution in [0.1, 0.15) is 39.7 Å². The minimum absolute atomic E-state index is 0.0849. The van der Waals surface area contributed by atoms with Crippen LogP contribution >= 0.6 is 0 Å². The predicted octanol–water partition coefficient (Wildman–Crippen LogP) is 2.70. The summed E-state index contributed by atoms with van der Waals surface area (Å²) in [4.78, 5) is 14.3. The van der Waals surface area contributed by atoms with E-state index in [0.717, 1.165) is 25.1 Å². The molecule has 1 unspecified atom stereocenters. The fourth-order valence-corrected chi connectivity index (χ4v) is 2.69. The Morgan fingerprint density at radius 2 is 1.90 bits per heavy atom. The van der Waals surface area contributed by atoms with Crippen LogP contribution in [0.3, 0.4) is 0 Å². The fraction of sp³-hybridized carbons (Fsp3) is 0.588. The van der Waals surface area contributed by atoms with Crippen LogP contribution in [0.25, 0.3) is 0 Å². The van der Waals surface area contributed by atoms with Crippen LogP contribution in [0, 0.1) is 0 Å². The minimum atomic E-state index is -1.07. The van der Waals surface area contributed by atoms with Crippen molar-refractivity contribution >= 4 is 5.97 Å². The van der Waals surface area contributed by atoms with Crippen molar-refractivity contribution in [1.29, 1.82) is 0 Å². The molecule has 4 heteroatoms. The smallest absolute Gasteiger partial charge is 0.329 e. The second kappa shape index (κ2) is 8.15. The van der Waals surface area contributed by atoms with Crippen molar-refractivity contribution in [3.63, 3.8) is 0 Å². The van der Waals surface area contributed by atoms with Crippen LogP contribution in [0.4, 0.5) is 0 Å². The van der Waals surface area contributed by atoms with Crippen LogP contribution in [-0.2, 0) is 10.3 Å². The van der Waals surface area contributed by atoms with Crippen molar-refractivity contribution in [2.45, 2.75) is 45.7 Å². The van der Waals surface area contributed by atoms with Gasteiger partial charge in [-0.25, -0.2) is 4.79 Å². The number of carbonyl (C=O) groups is 1. The van der Waals surface area contributed by atoms with Crippen molar-refractivity contribution in [1.82, 2.24) is 10.2 Å². The Morgan fingerprint density at radius 3 is 2.33 bits per heavy atom. The van der Waals surface area contributed by atoms with E-state index in [2.05, 4.69) is 24.1 Å². The molecule has 0 heterocycles. The van der Waals surface area contributed by atoms with E-state index in [1.54, 1.807) is 0 Å². The number of carboxylic acid groups (broad SMARTS) is 1. The number of nitrogens with zero attached hydrogens (tertiary/aromatic N) is 1. The third-order valence-corrected chi connectivity index (χ3v) is 3.61. The Labute approximate surface area is 128 Å². The zero-order valence-corrected chi connectivity index (χ0v) is 13.6. The van der Waals surface area contributed by atoms with E-state index in [0.29, 0.717) is 6.54 Å². The summed E-state index contributed by atoms with van der Waals surface area (Å²) >= 11 is 0. The highest BCUT2D eigenvalue weighted by Gasteiger charge is 2.41. The molecule has 0 spiro atoms. The van der Waals surface area contributed by atoms with E-state index in [-0.39, 0.29) is 6.04 Å². The van der Waals surface area contributed by atoms with E-state index < -0.39 is 11.5 Å². The Hall–Kier alpha value is -1.39. The first kappa shape index (κ1) is 17.7. The van der Waals surface area contributed by atoms with E-state index >= 15 is 0 Å². The molecular weight excluding hydrogens is 264 g/mol. The van der Waals surface area contributed by atoms with Crippen LogP contribution in [-0.4, -0.2) is 41.7 Å². The quantitative estimate of drug-likeness (QED) is 0.735. The van der Waals surface area contributed by atoms with Crippen LogP contribution in [0.5, 0.6) is 0 Å². The second-order valence-corrected chi connectivity index (χ2v) is 5.74. The first-order valence-corrected chi connectivity index (χ1v) is 7.75. The summed E-state index contributed by atoms with van der Waals surface area (Å²) in [5, 5.41) is 13.2. The molecule has 0 aliphatic rings. The monoisotopic (exact) mass is 292 g/mol. The van der Waals surface area contributed by atoms with Gasteiger partial charge in [-0.05, 0) is 38.9 Å². The third kappa shape index (κ3) is 4.55. The molecule has 0 aliphatic heterocycles. The number of likely N-dealkylation sites (N-methyl/N-ethyl adjacent to an activating group) is 1. The highest BCUT2D eigenvalue weighted by Crippen LogP contribution is 2.24. The number of nitrogens with one attached hydrogen (secondary N) is 1. The van der Waals surface area contributed by atoms with E-state index in [1.165, 1.54) is 0 Å². The Bertz CT molecular complexity index is 434. The summed E-state index contributed by atoms with van der Waals surface area (Å²) in [6.45, 7) is 10.4. The molecule has 4 nitrogen and oxygen atoms in total. The lowest BCUT2D eigenvalue weighted by atomic mass is 9.88. The molecule has 0 saturated carbocycles. The molecule has 1 aromatic carbocycles. The maximum Gasteiger partial charge on any atom is 0.329 e. The highest BCUT2D eigenvalue weighted by molar-refractivity contribution is 5.81. The lowest BCUT2D eigenvalue weighted by molar-refractivity contribution is -0.146. The third-order valence-electron chi connectivity index (χ3n) is 3.61. The van der Waals surface area contributed by atoms with Crippen molar-refractivity contribution in [3.8, 4) is 0 Å². The van der Waals surface area contributed by atoms with Gasteiger partial charge in [0.05, 0.1) is 0 Å². The van der Waals surface area contributed by atoms with Crippen molar-refractivity contribution in [2.24, 2.45) is 0 Å². The lowest BCUT2D eigenvalue weighted by Gasteiger charge is -2.37. The molecule has 1 atom stereocenters. The number of hydrogen-bond acceptors (Lipinski definition) is 3. The average Bonchev–Trinajstić information content (AvgIpc) is 2.46. The molecule has 0 amide bonds. The summed E-state index contributed by atoms with van der Waals surface area (Å²) in [6.07, 6.45) is 1.01. The molecule has 0 fully saturated rings. The van der Waals surface area contributed by atoms with Gasteiger partial charge in [-0.1, -0.05) is 44.2 Å². The largest absolute Gasteiger partial charge is 0.480 e. The van der Waals surface area contributed by atoms with Crippen LogP contribution < -0.4 is 5.32 Å². The van der Waals surface area contributed by atoms with Gasteiger partial charge in [0, 0.05) is 12.6 Å². The molecule has 0 saturated heterocycles. The predicted molar refractivity (Wildman–Crippen MR) is 86.4 cm³/mol. The van der Waals surface area contributed by atoms with E-state index in [9.17, 15) is 9.90 Å². The standard InChI is InChI=1S/C17H28N2O2/c1-5-12-19(6-2)13-17(16(20)21,18-14(3)4)15-10-8-7-9-11-15/h7-11,14,18H,5-6,12-13H2,1-4H3,(H,20,21). The number of rotatable bonds is 9. The molecule has 0 aliphatic carbocycles. The van der Waals surface area contributed by atoms with Crippen molar-refractivity contribution in [2.75, 3.05) is 19.6 Å². The topological polar surface area (TPSA) is 52.6 Å². The van der Waals surface area contributed by atoms with E-state index in [4.69, 9.17) is 0 Å². The average molecular weight is 292 g/mol. The first-order valence-electron chi connectivity index (χ1n) is 7.75. The number of carboxylic acids is 1. The van der Waals surface area contributed by atoms with Gasteiger partial charge in [-0.2, -0.15) is 0 Å².